The van der Waals surface area contributed by atoms with E-state index in [0.29, 0.717) is 0 Å². The van der Waals surface area contributed by atoms with Crippen molar-refractivity contribution in [2.75, 3.05) is 6.54 Å². The number of aliphatic hydroxyl groups is 1. The molecule has 3 atom stereocenters. The third-order valence-electron chi connectivity index (χ3n) is 4.68. The minimum Gasteiger partial charge on any atom is -0.391 e. The van der Waals surface area contributed by atoms with E-state index in [-0.39, 0.29) is 32.4 Å². The van der Waals surface area contributed by atoms with Crippen molar-refractivity contribution >= 4 is 17.7 Å². The zero-order valence-corrected chi connectivity index (χ0v) is 16.0. The number of nitrogens with two attached hydrogens (primary N) is 3. The molecule has 2 rings (SSSR count). The molecule has 3 amide bonds. The molecule has 154 valence electrons. The number of rotatable bonds is 7. The number of nitrogens with zero attached hydrogens (tertiary/aromatic N) is 2. The van der Waals surface area contributed by atoms with Gasteiger partial charge in [-0.1, -0.05) is 30.3 Å². The molecule has 1 aliphatic rings. The number of imide groups is 1. The Balaban J connectivity index is 2.25. The van der Waals surface area contributed by atoms with Crippen molar-refractivity contribution in [1.82, 2.24) is 9.80 Å². The first-order valence-electron chi connectivity index (χ1n) is 9.34. The number of carbonyl (C=O) groups excluding carboxylic acids is 3. The number of hydrogen-bond acceptors (Lipinski definition) is 7. The first-order chi connectivity index (χ1) is 13.2. The van der Waals surface area contributed by atoms with E-state index >= 15 is 0 Å². The predicted molar refractivity (Wildman–Crippen MR) is 103 cm³/mol. The maximum absolute atomic E-state index is 13.2. The van der Waals surface area contributed by atoms with Gasteiger partial charge in [0.25, 0.3) is 5.91 Å². The summed E-state index contributed by atoms with van der Waals surface area (Å²) < 4.78 is 0. The normalized spacial score (nSPS) is 20.3. The van der Waals surface area contributed by atoms with Crippen molar-refractivity contribution in [3.63, 3.8) is 0 Å². The van der Waals surface area contributed by atoms with Crippen LogP contribution in [0.15, 0.2) is 30.3 Å². The Morgan fingerprint density at radius 2 is 1.86 bits per heavy atom. The fourth-order valence-corrected chi connectivity index (χ4v) is 3.21. The van der Waals surface area contributed by atoms with Crippen LogP contribution in [0.5, 0.6) is 0 Å². The first-order valence-corrected chi connectivity index (χ1v) is 9.34. The molecule has 0 saturated carbocycles. The zero-order valence-electron chi connectivity index (χ0n) is 16.0. The van der Waals surface area contributed by atoms with E-state index in [2.05, 4.69) is 0 Å². The molecule has 0 radical (unpaired) electrons. The average molecular weight is 391 g/mol. The molecule has 0 aromatic heterocycles. The molecule has 7 N–H and O–H groups in total. The molecule has 0 aliphatic carbocycles. The Morgan fingerprint density at radius 3 is 2.43 bits per heavy atom. The van der Waals surface area contributed by atoms with Gasteiger partial charge in [-0.3, -0.25) is 19.3 Å². The third kappa shape index (κ3) is 5.59. The highest BCUT2D eigenvalue weighted by Crippen LogP contribution is 2.22. The van der Waals surface area contributed by atoms with E-state index in [0.717, 1.165) is 10.5 Å². The predicted octanol–water partition coefficient (Wildman–Crippen LogP) is -1.13. The molecule has 1 aromatic carbocycles. The van der Waals surface area contributed by atoms with Gasteiger partial charge < -0.3 is 27.2 Å². The Kier molecular flexibility index (Phi) is 7.64. The van der Waals surface area contributed by atoms with E-state index < -0.39 is 42.1 Å². The highest BCUT2D eigenvalue weighted by Gasteiger charge is 2.42. The smallest absolute Gasteiger partial charge is 0.252 e. The molecule has 28 heavy (non-hydrogen) atoms. The summed E-state index contributed by atoms with van der Waals surface area (Å²) in [5.74, 6) is -1.40. The fourth-order valence-electron chi connectivity index (χ4n) is 3.21. The number of benzene rings is 1. The molecule has 9 nitrogen and oxygen atoms in total. The van der Waals surface area contributed by atoms with Gasteiger partial charge in [0.05, 0.1) is 24.9 Å². The summed E-state index contributed by atoms with van der Waals surface area (Å²) in [5, 5.41) is 10.0. The van der Waals surface area contributed by atoms with Gasteiger partial charge in [-0.25, -0.2) is 0 Å². The molecule has 1 heterocycles. The molecule has 1 aromatic rings. The van der Waals surface area contributed by atoms with E-state index in [4.69, 9.17) is 17.2 Å². The molecule has 9 heteroatoms. The summed E-state index contributed by atoms with van der Waals surface area (Å²) in [6.07, 6.45) is -1.21. The third-order valence-corrected chi connectivity index (χ3v) is 4.68. The quantitative estimate of drug-likeness (QED) is 0.429. The number of likely N-dealkylation sites (tertiary alicyclic amines) is 1. The number of hydrogen-bond donors (Lipinski definition) is 4. The number of β-amino-alcohol motifs (C(OH)–C–C–N with tert-alkyl or cyclic N) is 1. The van der Waals surface area contributed by atoms with E-state index in [9.17, 15) is 19.5 Å². The minimum absolute atomic E-state index is 0.00670. The van der Waals surface area contributed by atoms with Crippen LogP contribution in [0.2, 0.25) is 0 Å². The fraction of sp³-hybridized carbons (Fsp3) is 0.526. The van der Waals surface area contributed by atoms with Crippen molar-refractivity contribution in [1.29, 1.82) is 0 Å². The van der Waals surface area contributed by atoms with Crippen molar-refractivity contribution < 1.29 is 19.5 Å². The van der Waals surface area contributed by atoms with E-state index in [1.807, 2.05) is 18.2 Å². The average Bonchev–Trinajstić information content (AvgIpc) is 3.05. The lowest BCUT2D eigenvalue weighted by molar-refractivity contribution is -0.152. The summed E-state index contributed by atoms with van der Waals surface area (Å²) in [7, 11) is 0. The summed E-state index contributed by atoms with van der Waals surface area (Å²) in [6, 6.07) is 7.31. The number of carbonyl (C=O) groups is 3. The van der Waals surface area contributed by atoms with Gasteiger partial charge in [0.2, 0.25) is 11.8 Å². The van der Waals surface area contributed by atoms with Crippen molar-refractivity contribution in [3.8, 4) is 0 Å². The van der Waals surface area contributed by atoms with Gasteiger partial charge in [-0.15, -0.1) is 0 Å². The molecule has 0 bridgehead atoms. The lowest BCUT2D eigenvalue weighted by Crippen LogP contribution is -2.52. The topological polar surface area (TPSA) is 156 Å². The van der Waals surface area contributed by atoms with Crippen LogP contribution in [0.3, 0.4) is 0 Å². The number of amides is 3. The maximum Gasteiger partial charge on any atom is 0.252 e. The van der Waals surface area contributed by atoms with E-state index in [1.54, 1.807) is 12.1 Å². The van der Waals surface area contributed by atoms with Crippen LogP contribution in [-0.4, -0.2) is 63.5 Å². The van der Waals surface area contributed by atoms with Crippen molar-refractivity contribution in [2.24, 2.45) is 17.2 Å². The Labute approximate surface area is 164 Å². The summed E-state index contributed by atoms with van der Waals surface area (Å²) in [5.41, 5.74) is 17.5. The highest BCUT2D eigenvalue weighted by molar-refractivity contribution is 6.00. The van der Waals surface area contributed by atoms with Gasteiger partial charge in [0, 0.05) is 19.4 Å². The van der Waals surface area contributed by atoms with Crippen LogP contribution < -0.4 is 17.2 Å². The van der Waals surface area contributed by atoms with Crippen LogP contribution in [0, 0.1) is 0 Å². The van der Waals surface area contributed by atoms with Gasteiger partial charge in [0.1, 0.15) is 6.04 Å². The molecular formula is C19H29N5O4. The SMILES string of the molecule is C[C@H](N)C(=O)N1C[C@H](O)C[C@H]1C(=O)N(Cc1ccccc1)C(=O)CCC(N)N. The maximum atomic E-state index is 13.2. The van der Waals surface area contributed by atoms with Crippen LogP contribution in [-0.2, 0) is 20.9 Å². The summed E-state index contributed by atoms with van der Waals surface area (Å²) in [4.78, 5) is 40.7. The largest absolute Gasteiger partial charge is 0.391 e. The minimum atomic E-state index is -0.937. The lowest BCUT2D eigenvalue weighted by atomic mass is 10.1. The number of aliphatic hydroxyl groups excluding tert-OH is 1. The van der Waals surface area contributed by atoms with Crippen LogP contribution in [0.25, 0.3) is 0 Å². The van der Waals surface area contributed by atoms with Gasteiger partial charge in [-0.05, 0) is 18.9 Å². The van der Waals surface area contributed by atoms with Gasteiger partial charge >= 0.3 is 0 Å². The first kappa shape index (κ1) is 22.0. The Morgan fingerprint density at radius 1 is 1.21 bits per heavy atom. The van der Waals surface area contributed by atoms with E-state index in [1.165, 1.54) is 11.8 Å². The van der Waals surface area contributed by atoms with Crippen LogP contribution in [0.4, 0.5) is 0 Å². The molecule has 1 aliphatic heterocycles. The second-order valence-corrected chi connectivity index (χ2v) is 7.19. The Bertz CT molecular complexity index is 695. The zero-order chi connectivity index (χ0) is 20.8. The molecule has 0 unspecified atom stereocenters. The summed E-state index contributed by atoms with van der Waals surface area (Å²) in [6.45, 7) is 1.59. The standard InChI is InChI=1S/C19H29N5O4/c1-12(20)18(27)23-11-14(25)9-15(23)19(28)24(17(26)8-7-16(21)22)10-13-5-3-2-4-6-13/h2-6,12,14-16,25H,7-11,20-22H2,1H3/t12-,14+,15-/m0/s1. The highest BCUT2D eigenvalue weighted by atomic mass is 16.3. The second-order valence-electron chi connectivity index (χ2n) is 7.19. The second kappa shape index (κ2) is 9.74. The van der Waals surface area contributed by atoms with Crippen LogP contribution >= 0.6 is 0 Å². The van der Waals surface area contributed by atoms with Gasteiger partial charge in [-0.2, -0.15) is 0 Å². The van der Waals surface area contributed by atoms with Gasteiger partial charge in [0.15, 0.2) is 0 Å². The molecule has 1 saturated heterocycles. The molecular weight excluding hydrogens is 362 g/mol. The van der Waals surface area contributed by atoms with Crippen molar-refractivity contribution in [3.05, 3.63) is 35.9 Å². The van der Waals surface area contributed by atoms with Crippen molar-refractivity contribution in [2.45, 2.75) is 57.1 Å². The molecule has 0 spiro atoms. The monoisotopic (exact) mass is 391 g/mol. The van der Waals surface area contributed by atoms with Crippen LogP contribution in [0.1, 0.15) is 31.7 Å². The Hall–Kier alpha value is -2.33. The summed E-state index contributed by atoms with van der Waals surface area (Å²) >= 11 is 0. The lowest BCUT2D eigenvalue weighted by Gasteiger charge is -2.30. The molecule has 1 fully saturated rings.